The number of rotatable bonds is 6. The van der Waals surface area contributed by atoms with E-state index < -0.39 is 5.54 Å². The molecule has 1 saturated carbocycles. The predicted octanol–water partition coefficient (Wildman–Crippen LogP) is 4.29. The van der Waals surface area contributed by atoms with Crippen molar-refractivity contribution in [2.24, 2.45) is 0 Å². The first kappa shape index (κ1) is 23.2. The molecule has 2 aliphatic heterocycles. The maximum atomic E-state index is 13.8. The van der Waals surface area contributed by atoms with E-state index in [9.17, 15) is 9.59 Å². The van der Waals surface area contributed by atoms with Gasteiger partial charge < -0.3 is 19.2 Å². The summed E-state index contributed by atoms with van der Waals surface area (Å²) < 4.78 is 7.62. The number of hydrogen-bond acceptors (Lipinski definition) is 4. The van der Waals surface area contributed by atoms with Crippen LogP contribution in [-0.2, 0) is 11.3 Å². The van der Waals surface area contributed by atoms with Crippen LogP contribution in [0.1, 0.15) is 75.7 Å². The van der Waals surface area contributed by atoms with Crippen molar-refractivity contribution in [3.05, 3.63) is 36.2 Å². The average molecular weight is 467 g/mol. The van der Waals surface area contributed by atoms with Gasteiger partial charge in [0, 0.05) is 25.2 Å². The summed E-state index contributed by atoms with van der Waals surface area (Å²) >= 11 is 0. The summed E-state index contributed by atoms with van der Waals surface area (Å²) in [4.78, 5) is 32.0. The number of carbonyl (C=O) groups excluding carboxylic acids is 2. The standard InChI is InChI=1S/C27H38N4O3/c1-20-9-6-7-15-29(20)16-17-31-25(32)23-14-13-22(24-12-8-18-34-24)30(23)19-27(31,2)26(33)28-21-10-4-3-5-11-21/h8,12-14,18,20-21H,3-7,9-11,15-17,19H2,1-2H3,(H,28,33). The fraction of sp³-hybridized carbons (Fsp3) is 0.630. The Labute approximate surface area is 202 Å². The fourth-order valence-corrected chi connectivity index (χ4v) is 6.07. The smallest absolute Gasteiger partial charge is 0.271 e. The first-order valence-corrected chi connectivity index (χ1v) is 13.1. The van der Waals surface area contributed by atoms with Crippen LogP contribution >= 0.6 is 0 Å². The third-order valence-corrected chi connectivity index (χ3v) is 8.26. The summed E-state index contributed by atoms with van der Waals surface area (Å²) in [5, 5.41) is 3.32. The second kappa shape index (κ2) is 9.61. The highest BCUT2D eigenvalue weighted by Crippen LogP contribution is 2.34. The predicted molar refractivity (Wildman–Crippen MR) is 131 cm³/mol. The molecule has 34 heavy (non-hydrogen) atoms. The van der Waals surface area contributed by atoms with Gasteiger partial charge >= 0.3 is 0 Å². The number of piperidine rings is 1. The lowest BCUT2D eigenvalue weighted by atomic mass is 9.91. The highest BCUT2D eigenvalue weighted by molar-refractivity contribution is 6.00. The molecule has 0 radical (unpaired) electrons. The normalized spacial score (nSPS) is 26.5. The molecule has 7 nitrogen and oxygen atoms in total. The van der Waals surface area contributed by atoms with E-state index in [2.05, 4.69) is 17.1 Å². The molecule has 2 aromatic heterocycles. The van der Waals surface area contributed by atoms with Crippen molar-refractivity contribution in [3.8, 4) is 11.5 Å². The molecular weight excluding hydrogens is 428 g/mol. The summed E-state index contributed by atoms with van der Waals surface area (Å²) in [5.41, 5.74) is 0.511. The average Bonchev–Trinajstić information content (AvgIpc) is 3.50. The zero-order chi connectivity index (χ0) is 23.7. The van der Waals surface area contributed by atoms with Crippen LogP contribution in [0.4, 0.5) is 0 Å². The Bertz CT molecular complexity index is 1010. The van der Waals surface area contributed by atoms with E-state index in [4.69, 9.17) is 4.42 Å². The van der Waals surface area contributed by atoms with Gasteiger partial charge in [0.05, 0.1) is 18.5 Å². The van der Waals surface area contributed by atoms with Gasteiger partial charge in [0.1, 0.15) is 17.0 Å². The Hall–Kier alpha value is -2.54. The van der Waals surface area contributed by atoms with Crippen LogP contribution in [0.3, 0.4) is 0 Å². The lowest BCUT2D eigenvalue weighted by Gasteiger charge is -2.46. The molecule has 0 aromatic carbocycles. The van der Waals surface area contributed by atoms with Gasteiger partial charge in [-0.3, -0.25) is 14.5 Å². The Morgan fingerprint density at radius 3 is 2.56 bits per heavy atom. The van der Waals surface area contributed by atoms with Crippen LogP contribution in [-0.4, -0.2) is 63.4 Å². The second-order valence-electron chi connectivity index (χ2n) is 10.6. The van der Waals surface area contributed by atoms with Crippen LogP contribution < -0.4 is 5.32 Å². The largest absolute Gasteiger partial charge is 0.463 e. The molecule has 184 valence electrons. The van der Waals surface area contributed by atoms with E-state index in [0.717, 1.165) is 44.5 Å². The molecule has 2 fully saturated rings. The van der Waals surface area contributed by atoms with Gasteiger partial charge in [-0.25, -0.2) is 0 Å². The first-order chi connectivity index (χ1) is 16.5. The van der Waals surface area contributed by atoms with Crippen molar-refractivity contribution >= 4 is 11.8 Å². The maximum absolute atomic E-state index is 13.8. The summed E-state index contributed by atoms with van der Waals surface area (Å²) in [7, 11) is 0. The highest BCUT2D eigenvalue weighted by atomic mass is 16.3. The van der Waals surface area contributed by atoms with Gasteiger partial charge in [0.25, 0.3) is 5.91 Å². The van der Waals surface area contributed by atoms with E-state index in [1.807, 2.05) is 40.7 Å². The quantitative estimate of drug-likeness (QED) is 0.690. The number of hydrogen-bond donors (Lipinski definition) is 1. The summed E-state index contributed by atoms with van der Waals surface area (Å²) in [6.07, 6.45) is 10.9. The van der Waals surface area contributed by atoms with Gasteiger partial charge in [-0.05, 0) is 70.3 Å². The van der Waals surface area contributed by atoms with E-state index in [0.29, 0.717) is 30.6 Å². The van der Waals surface area contributed by atoms with E-state index >= 15 is 0 Å². The van der Waals surface area contributed by atoms with E-state index in [1.54, 1.807) is 6.26 Å². The molecule has 4 heterocycles. The lowest BCUT2D eigenvalue weighted by molar-refractivity contribution is -0.134. The molecule has 2 amide bonds. The molecule has 1 aliphatic carbocycles. The fourth-order valence-electron chi connectivity index (χ4n) is 6.07. The number of aromatic nitrogens is 1. The van der Waals surface area contributed by atoms with E-state index in [-0.39, 0.29) is 17.9 Å². The van der Waals surface area contributed by atoms with Crippen molar-refractivity contribution in [1.29, 1.82) is 0 Å². The highest BCUT2D eigenvalue weighted by Gasteiger charge is 2.48. The number of nitrogens with zero attached hydrogens (tertiary/aromatic N) is 3. The summed E-state index contributed by atoms with van der Waals surface area (Å²) in [5.74, 6) is 0.601. The lowest BCUT2D eigenvalue weighted by Crippen LogP contribution is -2.66. The number of furan rings is 1. The summed E-state index contributed by atoms with van der Waals surface area (Å²) in [6.45, 7) is 7.05. The van der Waals surface area contributed by atoms with Crippen molar-refractivity contribution < 1.29 is 14.0 Å². The van der Waals surface area contributed by atoms with Crippen molar-refractivity contribution in [1.82, 2.24) is 19.7 Å². The molecule has 5 rings (SSSR count). The Morgan fingerprint density at radius 1 is 1.06 bits per heavy atom. The third-order valence-electron chi connectivity index (χ3n) is 8.26. The van der Waals surface area contributed by atoms with Gasteiger partial charge in [-0.1, -0.05) is 25.7 Å². The molecule has 0 bridgehead atoms. The molecule has 7 heteroatoms. The van der Waals surface area contributed by atoms with Crippen LogP contribution in [0.25, 0.3) is 11.5 Å². The molecule has 1 saturated heterocycles. The third kappa shape index (κ3) is 4.30. The minimum absolute atomic E-state index is 0.0378. The topological polar surface area (TPSA) is 70.7 Å². The number of carbonyl (C=O) groups is 2. The SMILES string of the molecule is CC1CCCCN1CCN1C(=O)c2ccc(-c3ccco3)n2CC1(C)C(=O)NC1CCCCC1. The first-order valence-electron chi connectivity index (χ1n) is 13.1. The van der Waals surface area contributed by atoms with E-state index in [1.165, 1.54) is 25.7 Å². The zero-order valence-corrected chi connectivity index (χ0v) is 20.6. The molecule has 2 unspecified atom stereocenters. The van der Waals surface area contributed by atoms with Crippen molar-refractivity contribution in [3.63, 3.8) is 0 Å². The van der Waals surface area contributed by atoms with Gasteiger partial charge in [0.15, 0.2) is 0 Å². The monoisotopic (exact) mass is 466 g/mol. The maximum Gasteiger partial charge on any atom is 0.271 e. The van der Waals surface area contributed by atoms with Crippen molar-refractivity contribution in [2.45, 2.75) is 89.4 Å². The molecule has 0 spiro atoms. The minimum atomic E-state index is -0.957. The van der Waals surface area contributed by atoms with Gasteiger partial charge in [0.2, 0.25) is 5.91 Å². The second-order valence-corrected chi connectivity index (χ2v) is 10.6. The van der Waals surface area contributed by atoms with Gasteiger partial charge in [-0.2, -0.15) is 0 Å². The molecule has 2 atom stereocenters. The molecule has 1 N–H and O–H groups in total. The molecule has 2 aromatic rings. The molecular formula is C27H38N4O3. The molecule has 3 aliphatic rings. The minimum Gasteiger partial charge on any atom is -0.463 e. The number of nitrogens with one attached hydrogen (secondary N) is 1. The van der Waals surface area contributed by atoms with Crippen LogP contribution in [0.5, 0.6) is 0 Å². The Morgan fingerprint density at radius 2 is 1.82 bits per heavy atom. The summed E-state index contributed by atoms with van der Waals surface area (Å²) in [6, 6.07) is 8.27. The van der Waals surface area contributed by atoms with Crippen LogP contribution in [0.15, 0.2) is 34.9 Å². The van der Waals surface area contributed by atoms with Gasteiger partial charge in [-0.15, -0.1) is 0 Å². The Balaban J connectivity index is 1.44. The Kier molecular flexibility index (Phi) is 6.56. The number of likely N-dealkylation sites (tertiary alicyclic amines) is 1. The zero-order valence-electron chi connectivity index (χ0n) is 20.6. The number of fused-ring (bicyclic) bond motifs is 1. The van der Waals surface area contributed by atoms with Crippen LogP contribution in [0.2, 0.25) is 0 Å². The number of amides is 2. The van der Waals surface area contributed by atoms with Crippen LogP contribution in [0, 0.1) is 0 Å². The van der Waals surface area contributed by atoms with Crippen molar-refractivity contribution in [2.75, 3.05) is 19.6 Å².